The summed E-state index contributed by atoms with van der Waals surface area (Å²) < 4.78 is 12.4. The van der Waals surface area contributed by atoms with E-state index < -0.39 is 5.25 Å². The SMILES string of the molecule is COc1ccc(-n2c(SC(C)C(=O)N(C)C3CCCCC3)nc3ccccc3c2=O)cc1OC. The van der Waals surface area contributed by atoms with Gasteiger partial charge in [0.25, 0.3) is 5.56 Å². The van der Waals surface area contributed by atoms with Crippen LogP contribution >= 0.6 is 11.8 Å². The van der Waals surface area contributed by atoms with Gasteiger partial charge in [0.15, 0.2) is 16.7 Å². The topological polar surface area (TPSA) is 73.7 Å². The van der Waals surface area contributed by atoms with Crippen LogP contribution in [0.2, 0.25) is 0 Å². The number of benzene rings is 2. The average Bonchev–Trinajstić information content (AvgIpc) is 2.88. The highest BCUT2D eigenvalue weighted by atomic mass is 32.2. The third-order valence-electron chi connectivity index (χ3n) is 6.47. The Labute approximate surface area is 204 Å². The minimum absolute atomic E-state index is 0.0539. The van der Waals surface area contributed by atoms with Gasteiger partial charge in [-0.3, -0.25) is 14.2 Å². The van der Waals surface area contributed by atoms with E-state index >= 15 is 0 Å². The van der Waals surface area contributed by atoms with Crippen molar-refractivity contribution in [2.24, 2.45) is 0 Å². The number of nitrogens with zero attached hydrogens (tertiary/aromatic N) is 3. The van der Waals surface area contributed by atoms with Crippen molar-refractivity contribution in [1.29, 1.82) is 0 Å². The van der Waals surface area contributed by atoms with Crippen LogP contribution in [0.15, 0.2) is 52.4 Å². The number of aromatic nitrogens is 2. The highest BCUT2D eigenvalue weighted by Gasteiger charge is 2.28. The largest absolute Gasteiger partial charge is 0.493 e. The second-order valence-corrected chi connectivity index (χ2v) is 9.90. The Morgan fingerprint density at radius 3 is 2.50 bits per heavy atom. The first-order chi connectivity index (χ1) is 16.4. The quantitative estimate of drug-likeness (QED) is 0.361. The average molecular weight is 482 g/mol. The molecule has 0 saturated heterocycles. The van der Waals surface area contributed by atoms with E-state index in [1.165, 1.54) is 18.2 Å². The van der Waals surface area contributed by atoms with Crippen molar-refractivity contribution in [3.63, 3.8) is 0 Å². The Balaban J connectivity index is 1.74. The van der Waals surface area contributed by atoms with E-state index in [1.807, 2.05) is 37.1 Å². The molecule has 2 aromatic carbocycles. The predicted molar refractivity (Wildman–Crippen MR) is 135 cm³/mol. The minimum atomic E-state index is -0.397. The predicted octanol–water partition coefficient (Wildman–Crippen LogP) is 4.67. The molecule has 1 saturated carbocycles. The first-order valence-corrected chi connectivity index (χ1v) is 12.5. The van der Waals surface area contributed by atoms with Crippen molar-refractivity contribution in [2.45, 2.75) is 55.5 Å². The maximum atomic E-state index is 13.6. The van der Waals surface area contributed by atoms with Crippen LogP contribution in [0.4, 0.5) is 0 Å². The fourth-order valence-electron chi connectivity index (χ4n) is 4.53. The van der Waals surface area contributed by atoms with Gasteiger partial charge in [-0.25, -0.2) is 4.98 Å². The molecule has 0 N–H and O–H groups in total. The number of carbonyl (C=O) groups excluding carboxylic acids is 1. The molecule has 8 heteroatoms. The summed E-state index contributed by atoms with van der Waals surface area (Å²) in [7, 11) is 5.02. The highest BCUT2D eigenvalue weighted by molar-refractivity contribution is 8.00. The molecule has 1 atom stereocenters. The molecule has 0 spiro atoms. The normalized spacial score (nSPS) is 15.2. The van der Waals surface area contributed by atoms with Crippen molar-refractivity contribution in [1.82, 2.24) is 14.5 Å². The summed E-state index contributed by atoms with van der Waals surface area (Å²) in [5.74, 6) is 1.13. The molecule has 1 aliphatic carbocycles. The van der Waals surface area contributed by atoms with Crippen molar-refractivity contribution >= 4 is 28.6 Å². The van der Waals surface area contributed by atoms with Crippen LogP contribution in [-0.2, 0) is 4.79 Å². The summed E-state index contributed by atoms with van der Waals surface area (Å²) >= 11 is 1.31. The molecule has 180 valence electrons. The highest BCUT2D eigenvalue weighted by Crippen LogP contribution is 2.32. The van der Waals surface area contributed by atoms with Crippen LogP contribution in [0.25, 0.3) is 16.6 Å². The molecular formula is C26H31N3O4S. The first kappa shape index (κ1) is 24.1. The van der Waals surface area contributed by atoms with Gasteiger partial charge in [0.2, 0.25) is 5.91 Å². The number of hydrogen-bond acceptors (Lipinski definition) is 6. The van der Waals surface area contributed by atoms with E-state index in [2.05, 4.69) is 0 Å². The molecule has 0 radical (unpaired) electrons. The Hall–Kier alpha value is -3.00. The van der Waals surface area contributed by atoms with Crippen LogP contribution in [-0.4, -0.2) is 52.9 Å². The van der Waals surface area contributed by atoms with Gasteiger partial charge < -0.3 is 14.4 Å². The zero-order valence-corrected chi connectivity index (χ0v) is 20.9. The van der Waals surface area contributed by atoms with E-state index in [0.717, 1.165) is 25.7 Å². The van der Waals surface area contributed by atoms with Gasteiger partial charge in [-0.1, -0.05) is 43.2 Å². The zero-order chi connectivity index (χ0) is 24.2. The second-order valence-electron chi connectivity index (χ2n) is 8.59. The Kier molecular flexibility index (Phi) is 7.46. The lowest BCUT2D eigenvalue weighted by Gasteiger charge is -2.32. The fourth-order valence-corrected chi connectivity index (χ4v) is 5.55. The molecule has 4 rings (SSSR count). The second kappa shape index (κ2) is 10.5. The molecule has 1 unspecified atom stereocenters. The molecular weight excluding hydrogens is 450 g/mol. The Morgan fingerprint density at radius 2 is 1.79 bits per heavy atom. The summed E-state index contributed by atoms with van der Waals surface area (Å²) in [6.45, 7) is 1.88. The van der Waals surface area contributed by atoms with Gasteiger partial charge in [-0.2, -0.15) is 0 Å². The van der Waals surface area contributed by atoms with Gasteiger partial charge in [0.05, 0.1) is 36.1 Å². The van der Waals surface area contributed by atoms with Crippen LogP contribution in [0.5, 0.6) is 11.5 Å². The number of para-hydroxylation sites is 1. The smallest absolute Gasteiger partial charge is 0.266 e. The van der Waals surface area contributed by atoms with Crippen LogP contribution in [0.1, 0.15) is 39.0 Å². The van der Waals surface area contributed by atoms with Crippen molar-refractivity contribution in [2.75, 3.05) is 21.3 Å². The van der Waals surface area contributed by atoms with Gasteiger partial charge in [-0.15, -0.1) is 0 Å². The van der Waals surface area contributed by atoms with Crippen molar-refractivity contribution < 1.29 is 14.3 Å². The molecule has 0 bridgehead atoms. The lowest BCUT2D eigenvalue weighted by atomic mass is 9.94. The maximum absolute atomic E-state index is 13.6. The third kappa shape index (κ3) is 4.78. The van der Waals surface area contributed by atoms with E-state index in [0.29, 0.717) is 33.2 Å². The van der Waals surface area contributed by atoms with Crippen LogP contribution in [0, 0.1) is 0 Å². The van der Waals surface area contributed by atoms with Gasteiger partial charge >= 0.3 is 0 Å². The molecule has 1 heterocycles. The summed E-state index contributed by atoms with van der Waals surface area (Å²) in [5, 5.41) is 0.583. The van der Waals surface area contributed by atoms with Crippen LogP contribution in [0.3, 0.4) is 0 Å². The molecule has 7 nitrogen and oxygen atoms in total. The summed E-state index contributed by atoms with van der Waals surface area (Å²) in [6.07, 6.45) is 5.65. The monoisotopic (exact) mass is 481 g/mol. The van der Waals surface area contributed by atoms with Gasteiger partial charge in [-0.05, 0) is 44.0 Å². The van der Waals surface area contributed by atoms with E-state index in [1.54, 1.807) is 43.1 Å². The summed E-state index contributed by atoms with van der Waals surface area (Å²) in [4.78, 5) is 33.5. The number of ether oxygens (including phenoxy) is 2. The molecule has 1 amide bonds. The van der Waals surface area contributed by atoms with E-state index in [9.17, 15) is 9.59 Å². The van der Waals surface area contributed by atoms with E-state index in [4.69, 9.17) is 14.5 Å². The molecule has 1 fully saturated rings. The molecule has 3 aromatic rings. The molecule has 34 heavy (non-hydrogen) atoms. The molecule has 0 aliphatic heterocycles. The Morgan fingerprint density at radius 1 is 1.09 bits per heavy atom. The van der Waals surface area contributed by atoms with Crippen molar-refractivity contribution in [3.8, 4) is 17.2 Å². The van der Waals surface area contributed by atoms with Crippen LogP contribution < -0.4 is 15.0 Å². The maximum Gasteiger partial charge on any atom is 0.266 e. The number of amides is 1. The fraction of sp³-hybridized carbons (Fsp3) is 0.423. The van der Waals surface area contributed by atoms with Gasteiger partial charge in [0, 0.05) is 19.2 Å². The summed E-state index contributed by atoms with van der Waals surface area (Å²) in [6, 6.07) is 12.8. The summed E-state index contributed by atoms with van der Waals surface area (Å²) in [5.41, 5.74) is 1.01. The number of hydrogen-bond donors (Lipinski definition) is 0. The first-order valence-electron chi connectivity index (χ1n) is 11.6. The van der Waals surface area contributed by atoms with E-state index in [-0.39, 0.29) is 17.5 Å². The zero-order valence-electron chi connectivity index (χ0n) is 20.1. The number of rotatable bonds is 7. The minimum Gasteiger partial charge on any atom is -0.493 e. The molecule has 1 aliphatic rings. The van der Waals surface area contributed by atoms with Gasteiger partial charge in [0.1, 0.15) is 0 Å². The third-order valence-corrected chi connectivity index (χ3v) is 7.51. The number of thioether (sulfide) groups is 1. The number of carbonyl (C=O) groups is 1. The standard InChI is InChI=1S/C26H31N3O4S/c1-17(24(30)28(2)18-10-6-5-7-11-18)34-26-27-21-13-9-8-12-20(21)25(31)29(26)19-14-15-22(32-3)23(16-19)33-4/h8-9,12-18H,5-7,10-11H2,1-4H3. The van der Waals surface area contributed by atoms with Crippen molar-refractivity contribution in [3.05, 3.63) is 52.8 Å². The molecule has 1 aromatic heterocycles. The lowest BCUT2D eigenvalue weighted by molar-refractivity contribution is -0.131. The lowest BCUT2D eigenvalue weighted by Crippen LogP contribution is -2.42. The Bertz CT molecular complexity index is 1240. The number of fused-ring (bicyclic) bond motifs is 1. The number of methoxy groups -OCH3 is 2.